The van der Waals surface area contributed by atoms with E-state index in [1.165, 1.54) is 238 Å². The number of aliphatic hydroxyl groups is 3. The minimum Gasteiger partial charge on any atom is -0.394 e. The van der Waals surface area contributed by atoms with Crippen LogP contribution >= 0.6 is 0 Å². The molecule has 0 aliphatic heterocycles. The van der Waals surface area contributed by atoms with Gasteiger partial charge in [-0.15, -0.1) is 0 Å². The van der Waals surface area contributed by atoms with Gasteiger partial charge in [-0.2, -0.15) is 0 Å². The van der Waals surface area contributed by atoms with Crippen LogP contribution in [0, 0.1) is 0 Å². The number of nitrogens with one attached hydrogen (secondary N) is 1. The van der Waals surface area contributed by atoms with Crippen LogP contribution in [-0.4, -0.2) is 46.1 Å². The van der Waals surface area contributed by atoms with E-state index in [0.717, 1.165) is 32.1 Å². The molecule has 3 atom stereocenters. The van der Waals surface area contributed by atoms with Crippen molar-refractivity contribution in [2.24, 2.45) is 0 Å². The SMILES string of the molecule is CCCCCCCCCCCC/C=C\CCCCCCCCCC(=O)NC(CO)C(O)C(O)CCCCCCCCCCCCCCCCCCCCCCCCC. The molecule has 0 fully saturated rings. The molecule has 0 aromatic carbocycles. The van der Waals surface area contributed by atoms with Gasteiger partial charge in [0, 0.05) is 6.42 Å². The second-order valence-electron chi connectivity index (χ2n) is 18.4. The molecule has 346 valence electrons. The van der Waals surface area contributed by atoms with Crippen molar-refractivity contribution < 1.29 is 20.1 Å². The lowest BCUT2D eigenvalue weighted by Gasteiger charge is -2.26. The first-order valence-corrected chi connectivity index (χ1v) is 26.5. The van der Waals surface area contributed by atoms with Gasteiger partial charge in [-0.05, 0) is 38.5 Å². The number of hydrogen-bond donors (Lipinski definition) is 4. The first-order chi connectivity index (χ1) is 28.6. The second-order valence-corrected chi connectivity index (χ2v) is 18.4. The van der Waals surface area contributed by atoms with Gasteiger partial charge in [0.2, 0.25) is 5.91 Å². The van der Waals surface area contributed by atoms with E-state index in [1.54, 1.807) is 0 Å². The topological polar surface area (TPSA) is 89.8 Å². The lowest BCUT2D eigenvalue weighted by Crippen LogP contribution is -2.50. The van der Waals surface area contributed by atoms with Crippen molar-refractivity contribution in [2.75, 3.05) is 6.61 Å². The highest BCUT2D eigenvalue weighted by Crippen LogP contribution is 2.18. The molecule has 58 heavy (non-hydrogen) atoms. The molecule has 0 radical (unpaired) electrons. The van der Waals surface area contributed by atoms with Gasteiger partial charge in [0.1, 0.15) is 6.10 Å². The number of unbranched alkanes of at least 4 members (excludes halogenated alkanes) is 39. The van der Waals surface area contributed by atoms with Crippen molar-refractivity contribution in [3.8, 4) is 0 Å². The lowest BCUT2D eigenvalue weighted by atomic mass is 9.99. The predicted octanol–water partition coefficient (Wildman–Crippen LogP) is 15.9. The van der Waals surface area contributed by atoms with E-state index >= 15 is 0 Å². The Labute approximate surface area is 363 Å². The van der Waals surface area contributed by atoms with Crippen LogP contribution in [-0.2, 0) is 4.79 Å². The summed E-state index contributed by atoms with van der Waals surface area (Å²) < 4.78 is 0. The van der Waals surface area contributed by atoms with Gasteiger partial charge in [0.15, 0.2) is 0 Å². The van der Waals surface area contributed by atoms with E-state index in [1.807, 2.05) is 0 Å². The van der Waals surface area contributed by atoms with Crippen molar-refractivity contribution in [1.82, 2.24) is 5.32 Å². The maximum absolute atomic E-state index is 12.5. The summed E-state index contributed by atoms with van der Waals surface area (Å²) in [7, 11) is 0. The van der Waals surface area contributed by atoms with Crippen LogP contribution in [0.5, 0.6) is 0 Å². The van der Waals surface area contributed by atoms with Crippen LogP contribution in [0.3, 0.4) is 0 Å². The van der Waals surface area contributed by atoms with Crippen molar-refractivity contribution >= 4 is 5.91 Å². The number of hydrogen-bond acceptors (Lipinski definition) is 4. The number of amides is 1. The molecule has 3 unspecified atom stereocenters. The Kier molecular flexibility index (Phi) is 48.0. The molecule has 5 heteroatoms. The Morgan fingerprint density at radius 3 is 1.00 bits per heavy atom. The summed E-state index contributed by atoms with van der Waals surface area (Å²) in [6, 6.07) is -0.809. The normalized spacial score (nSPS) is 13.4. The van der Waals surface area contributed by atoms with Crippen molar-refractivity contribution in [2.45, 2.75) is 315 Å². The third-order valence-corrected chi connectivity index (χ3v) is 12.6. The number of aliphatic hydroxyl groups excluding tert-OH is 3. The van der Waals surface area contributed by atoms with Gasteiger partial charge in [-0.3, -0.25) is 4.79 Å². The van der Waals surface area contributed by atoms with Crippen LogP contribution in [0.15, 0.2) is 12.2 Å². The Morgan fingerprint density at radius 1 is 0.414 bits per heavy atom. The van der Waals surface area contributed by atoms with Crippen LogP contribution < -0.4 is 5.32 Å². The smallest absolute Gasteiger partial charge is 0.220 e. The van der Waals surface area contributed by atoms with Crippen LogP contribution in [0.2, 0.25) is 0 Å². The molecule has 1 amide bonds. The number of rotatable bonds is 49. The Balaban J connectivity index is 3.55. The molecule has 0 spiro atoms. The van der Waals surface area contributed by atoms with E-state index in [2.05, 4.69) is 31.3 Å². The van der Waals surface area contributed by atoms with Crippen molar-refractivity contribution in [1.29, 1.82) is 0 Å². The van der Waals surface area contributed by atoms with Gasteiger partial charge < -0.3 is 20.6 Å². The summed E-state index contributed by atoms with van der Waals surface area (Å²) in [5.74, 6) is -0.144. The average Bonchev–Trinajstić information content (AvgIpc) is 3.23. The number of carbonyl (C=O) groups excluding carboxylic acids is 1. The summed E-state index contributed by atoms with van der Waals surface area (Å²) in [6.45, 7) is 4.21. The van der Waals surface area contributed by atoms with E-state index in [4.69, 9.17) is 0 Å². The Morgan fingerprint density at radius 2 is 0.690 bits per heavy atom. The third-order valence-electron chi connectivity index (χ3n) is 12.6. The van der Waals surface area contributed by atoms with Crippen molar-refractivity contribution in [3.63, 3.8) is 0 Å². The minimum absolute atomic E-state index is 0.144. The fourth-order valence-corrected chi connectivity index (χ4v) is 8.51. The minimum atomic E-state index is -1.14. The molecule has 0 saturated heterocycles. The maximum atomic E-state index is 12.5. The zero-order valence-electron chi connectivity index (χ0n) is 39.5. The molecule has 0 aliphatic carbocycles. The Bertz CT molecular complexity index is 818. The lowest BCUT2D eigenvalue weighted by molar-refractivity contribution is -0.124. The highest BCUT2D eigenvalue weighted by molar-refractivity contribution is 5.76. The summed E-state index contributed by atoms with van der Waals surface area (Å²) in [5, 5.41) is 33.7. The molecular formula is C53H105NO4. The molecule has 0 aromatic rings. The highest BCUT2D eigenvalue weighted by Gasteiger charge is 2.26. The zero-order valence-corrected chi connectivity index (χ0v) is 39.5. The molecule has 0 heterocycles. The average molecular weight is 820 g/mol. The number of allylic oxidation sites excluding steroid dienone is 2. The largest absolute Gasteiger partial charge is 0.394 e. The molecule has 0 saturated carbocycles. The zero-order chi connectivity index (χ0) is 42.3. The highest BCUT2D eigenvalue weighted by atomic mass is 16.3. The summed E-state index contributed by atoms with van der Waals surface area (Å²) >= 11 is 0. The monoisotopic (exact) mass is 820 g/mol. The molecule has 5 nitrogen and oxygen atoms in total. The van der Waals surface area contributed by atoms with Gasteiger partial charge in [0.25, 0.3) is 0 Å². The fraction of sp³-hybridized carbons (Fsp3) is 0.943. The standard InChI is InChI=1S/C53H105NO4/c1-3-5-7-9-11-13-15-17-19-21-23-25-26-28-29-31-33-35-37-39-41-43-45-47-51(56)53(58)50(49-55)54-52(57)48-46-44-42-40-38-36-34-32-30-27-24-22-20-18-16-14-12-10-8-6-4-2/h27,30,50-51,53,55-56,58H,3-26,28-29,31-49H2,1-2H3,(H,54,57)/b30-27-. The summed E-state index contributed by atoms with van der Waals surface area (Å²) in [6.07, 6.45) is 59.2. The van der Waals surface area contributed by atoms with E-state index in [0.29, 0.717) is 12.8 Å². The quantitative estimate of drug-likeness (QED) is 0.0364. The fourth-order valence-electron chi connectivity index (χ4n) is 8.51. The van der Waals surface area contributed by atoms with Crippen LogP contribution in [0.1, 0.15) is 296 Å². The molecule has 0 aliphatic rings. The first kappa shape index (κ1) is 57.1. The second kappa shape index (κ2) is 48.8. The van der Waals surface area contributed by atoms with Gasteiger partial charge >= 0.3 is 0 Å². The molecule has 0 rings (SSSR count). The first-order valence-electron chi connectivity index (χ1n) is 26.5. The van der Waals surface area contributed by atoms with Crippen LogP contribution in [0.4, 0.5) is 0 Å². The third kappa shape index (κ3) is 43.2. The summed E-state index contributed by atoms with van der Waals surface area (Å²) in [4.78, 5) is 12.5. The number of carbonyl (C=O) groups is 1. The van der Waals surface area contributed by atoms with Crippen LogP contribution in [0.25, 0.3) is 0 Å². The van der Waals surface area contributed by atoms with E-state index in [9.17, 15) is 20.1 Å². The van der Waals surface area contributed by atoms with Gasteiger partial charge in [-0.25, -0.2) is 0 Å². The molecule has 0 bridgehead atoms. The van der Waals surface area contributed by atoms with Gasteiger partial charge in [-0.1, -0.05) is 264 Å². The maximum Gasteiger partial charge on any atom is 0.220 e. The van der Waals surface area contributed by atoms with Gasteiger partial charge in [0.05, 0.1) is 18.8 Å². The predicted molar refractivity (Wildman–Crippen MR) is 255 cm³/mol. The van der Waals surface area contributed by atoms with Crippen molar-refractivity contribution in [3.05, 3.63) is 12.2 Å². The Hall–Kier alpha value is -0.910. The van der Waals surface area contributed by atoms with E-state index < -0.39 is 18.2 Å². The molecular weight excluding hydrogens is 715 g/mol. The molecule has 0 aromatic heterocycles. The van der Waals surface area contributed by atoms with E-state index in [-0.39, 0.29) is 12.5 Å². The summed E-state index contributed by atoms with van der Waals surface area (Å²) in [5.41, 5.74) is 0. The molecule has 4 N–H and O–H groups in total.